The topological polar surface area (TPSA) is 3.24 Å². The standard InChI is InChI=1S/C9H14BrNSi/c1-12(2,3)11(10)9-7-5-4-6-8-9/h4-8H,1-3H3. The van der Waals surface area contributed by atoms with Gasteiger partial charge in [-0.1, -0.05) is 37.8 Å². The average molecular weight is 244 g/mol. The van der Waals surface area contributed by atoms with E-state index in [0.717, 1.165) is 0 Å². The fourth-order valence-corrected chi connectivity index (χ4v) is 2.11. The Hall–Kier alpha value is -0.283. The Bertz CT molecular complexity index is 242. The van der Waals surface area contributed by atoms with Crippen LogP contribution in [0.4, 0.5) is 5.69 Å². The van der Waals surface area contributed by atoms with Gasteiger partial charge >= 0.3 is 0 Å². The van der Waals surface area contributed by atoms with Crippen molar-refractivity contribution in [2.75, 3.05) is 3.59 Å². The third kappa shape index (κ3) is 2.35. The first kappa shape index (κ1) is 9.80. The van der Waals surface area contributed by atoms with Crippen LogP contribution in [0.15, 0.2) is 30.3 Å². The zero-order valence-electron chi connectivity index (χ0n) is 7.71. The third-order valence-corrected chi connectivity index (χ3v) is 6.61. The molecule has 1 aromatic rings. The summed E-state index contributed by atoms with van der Waals surface area (Å²) in [5.74, 6) is 0. The summed E-state index contributed by atoms with van der Waals surface area (Å²) in [6.45, 7) is 6.90. The van der Waals surface area contributed by atoms with Gasteiger partial charge in [0.25, 0.3) is 0 Å². The van der Waals surface area contributed by atoms with Gasteiger partial charge < -0.3 is 3.59 Å². The van der Waals surface area contributed by atoms with Crippen LogP contribution < -0.4 is 3.59 Å². The van der Waals surface area contributed by atoms with Gasteiger partial charge in [-0.3, -0.25) is 0 Å². The van der Waals surface area contributed by atoms with E-state index in [4.69, 9.17) is 0 Å². The van der Waals surface area contributed by atoms with Crippen LogP contribution in [-0.4, -0.2) is 8.24 Å². The first-order valence-electron chi connectivity index (χ1n) is 4.03. The summed E-state index contributed by atoms with van der Waals surface area (Å²) >= 11 is 3.60. The van der Waals surface area contributed by atoms with E-state index >= 15 is 0 Å². The minimum atomic E-state index is -1.25. The van der Waals surface area contributed by atoms with E-state index in [1.807, 2.05) is 6.07 Å². The van der Waals surface area contributed by atoms with Gasteiger partial charge in [-0.2, -0.15) is 0 Å². The molecule has 66 valence electrons. The van der Waals surface area contributed by atoms with Crippen LogP contribution in [-0.2, 0) is 0 Å². The number of hydrogen-bond donors (Lipinski definition) is 0. The monoisotopic (exact) mass is 243 g/mol. The van der Waals surface area contributed by atoms with E-state index in [2.05, 4.69) is 63.6 Å². The maximum Gasteiger partial charge on any atom is 0.161 e. The van der Waals surface area contributed by atoms with Crippen LogP contribution >= 0.6 is 16.1 Å². The van der Waals surface area contributed by atoms with Crippen LogP contribution in [0.5, 0.6) is 0 Å². The molecule has 0 unspecified atom stereocenters. The predicted octanol–water partition coefficient (Wildman–Crippen LogP) is 3.64. The Balaban J connectivity index is 2.86. The zero-order chi connectivity index (χ0) is 9.19. The molecule has 0 heterocycles. The average Bonchev–Trinajstić information content (AvgIpc) is 2.03. The van der Waals surface area contributed by atoms with Crippen LogP contribution in [0.3, 0.4) is 0 Å². The molecule has 1 rings (SSSR count). The van der Waals surface area contributed by atoms with Crippen LogP contribution in [0.1, 0.15) is 0 Å². The lowest BCUT2D eigenvalue weighted by molar-refractivity contribution is 1.48. The SMILES string of the molecule is C[Si](C)(C)N(Br)c1ccccc1. The molecule has 0 radical (unpaired) electrons. The highest BCUT2D eigenvalue weighted by molar-refractivity contribution is 9.10. The summed E-state index contributed by atoms with van der Waals surface area (Å²) in [5, 5.41) is 0. The Morgan fingerprint density at radius 1 is 1.08 bits per heavy atom. The Kier molecular flexibility index (Phi) is 2.96. The van der Waals surface area contributed by atoms with Gasteiger partial charge in [0, 0.05) is 21.8 Å². The minimum Gasteiger partial charge on any atom is -0.337 e. The molecule has 1 aromatic carbocycles. The number of rotatable bonds is 2. The molecule has 1 nitrogen and oxygen atoms in total. The maximum atomic E-state index is 3.60. The molecular weight excluding hydrogens is 230 g/mol. The van der Waals surface area contributed by atoms with Crippen molar-refractivity contribution >= 4 is 30.1 Å². The molecule has 12 heavy (non-hydrogen) atoms. The molecule has 0 spiro atoms. The highest BCUT2D eigenvalue weighted by atomic mass is 79.9. The summed E-state index contributed by atoms with van der Waals surface area (Å²) in [4.78, 5) is 0. The van der Waals surface area contributed by atoms with E-state index in [1.165, 1.54) is 5.69 Å². The molecule has 0 bridgehead atoms. The summed E-state index contributed by atoms with van der Waals surface area (Å²) in [7, 11) is -1.25. The first-order chi connectivity index (χ1) is 5.52. The first-order valence-corrected chi connectivity index (χ1v) is 8.18. The van der Waals surface area contributed by atoms with Gasteiger partial charge in [0.1, 0.15) is 0 Å². The summed E-state index contributed by atoms with van der Waals surface area (Å²) in [5.41, 5.74) is 1.25. The van der Waals surface area contributed by atoms with Gasteiger partial charge in [-0.05, 0) is 12.1 Å². The van der Waals surface area contributed by atoms with Crippen LogP contribution in [0.2, 0.25) is 19.6 Å². The second kappa shape index (κ2) is 3.62. The van der Waals surface area contributed by atoms with E-state index < -0.39 is 8.24 Å². The molecule has 0 N–H and O–H groups in total. The van der Waals surface area contributed by atoms with Gasteiger partial charge in [0.05, 0.1) is 0 Å². The van der Waals surface area contributed by atoms with Crippen molar-refractivity contribution in [2.45, 2.75) is 19.6 Å². The molecule has 0 aliphatic rings. The third-order valence-electron chi connectivity index (χ3n) is 1.57. The number of halogens is 1. The second-order valence-electron chi connectivity index (χ2n) is 3.79. The summed E-state index contributed by atoms with van der Waals surface area (Å²) in [6.07, 6.45) is 0. The number of hydrogen-bond acceptors (Lipinski definition) is 1. The van der Waals surface area contributed by atoms with Crippen molar-refractivity contribution in [1.82, 2.24) is 0 Å². The van der Waals surface area contributed by atoms with Gasteiger partial charge in [0.15, 0.2) is 8.24 Å². The molecule has 3 heteroatoms. The quantitative estimate of drug-likeness (QED) is 0.567. The number of nitrogens with zero attached hydrogens (tertiary/aromatic N) is 1. The fraction of sp³-hybridized carbons (Fsp3) is 0.333. The van der Waals surface area contributed by atoms with Crippen molar-refractivity contribution in [3.05, 3.63) is 30.3 Å². The van der Waals surface area contributed by atoms with E-state index in [-0.39, 0.29) is 0 Å². The number of anilines is 1. The van der Waals surface area contributed by atoms with Crippen LogP contribution in [0, 0.1) is 0 Å². The van der Waals surface area contributed by atoms with Crippen molar-refractivity contribution in [2.24, 2.45) is 0 Å². The number of benzene rings is 1. The normalized spacial score (nSPS) is 11.3. The second-order valence-corrected chi connectivity index (χ2v) is 9.94. The Labute approximate surface area is 83.8 Å². The Morgan fingerprint density at radius 2 is 1.58 bits per heavy atom. The zero-order valence-corrected chi connectivity index (χ0v) is 10.3. The van der Waals surface area contributed by atoms with Crippen LogP contribution in [0.25, 0.3) is 0 Å². The van der Waals surface area contributed by atoms with Crippen molar-refractivity contribution in [3.63, 3.8) is 0 Å². The highest BCUT2D eigenvalue weighted by Gasteiger charge is 2.21. The molecule has 0 aliphatic carbocycles. The maximum absolute atomic E-state index is 3.60. The largest absolute Gasteiger partial charge is 0.337 e. The van der Waals surface area contributed by atoms with Crippen molar-refractivity contribution in [1.29, 1.82) is 0 Å². The smallest absolute Gasteiger partial charge is 0.161 e. The summed E-state index contributed by atoms with van der Waals surface area (Å²) in [6, 6.07) is 10.4. The summed E-state index contributed by atoms with van der Waals surface area (Å²) < 4.78 is 2.22. The van der Waals surface area contributed by atoms with E-state index in [0.29, 0.717) is 0 Å². The molecule has 0 aromatic heterocycles. The predicted molar refractivity (Wildman–Crippen MR) is 61.2 cm³/mol. The lowest BCUT2D eigenvalue weighted by Crippen LogP contribution is -2.38. The number of para-hydroxylation sites is 1. The Morgan fingerprint density at radius 3 is 2.00 bits per heavy atom. The molecule has 0 atom stereocenters. The molecule has 0 amide bonds. The molecule has 0 saturated carbocycles. The molecule has 0 aliphatic heterocycles. The van der Waals surface area contributed by atoms with Gasteiger partial charge in [-0.25, -0.2) is 0 Å². The van der Waals surface area contributed by atoms with E-state index in [1.54, 1.807) is 0 Å². The lowest BCUT2D eigenvalue weighted by atomic mass is 10.3. The van der Waals surface area contributed by atoms with Gasteiger partial charge in [0.2, 0.25) is 0 Å². The molecule has 0 saturated heterocycles. The highest BCUT2D eigenvalue weighted by Crippen LogP contribution is 2.24. The minimum absolute atomic E-state index is 1.25. The van der Waals surface area contributed by atoms with Crippen molar-refractivity contribution < 1.29 is 0 Å². The van der Waals surface area contributed by atoms with E-state index in [9.17, 15) is 0 Å². The lowest BCUT2D eigenvalue weighted by Gasteiger charge is -2.29. The van der Waals surface area contributed by atoms with Crippen molar-refractivity contribution in [3.8, 4) is 0 Å². The fourth-order valence-electron chi connectivity index (χ4n) is 0.946. The molecular formula is C9H14BrNSi. The van der Waals surface area contributed by atoms with Gasteiger partial charge in [-0.15, -0.1) is 0 Å². The molecule has 0 fully saturated rings.